The maximum absolute atomic E-state index is 10.2. The molecule has 1 aliphatic rings. The predicted octanol–water partition coefficient (Wildman–Crippen LogP) is 3.13. The summed E-state index contributed by atoms with van der Waals surface area (Å²) in [5.74, 6) is 0. The number of para-hydroxylation sites is 1. The summed E-state index contributed by atoms with van der Waals surface area (Å²) in [4.78, 5) is 2.34. The van der Waals surface area contributed by atoms with Crippen LogP contribution in [0, 0.1) is 0 Å². The van der Waals surface area contributed by atoms with Crippen molar-refractivity contribution >= 4 is 5.69 Å². The van der Waals surface area contributed by atoms with E-state index in [1.807, 2.05) is 25.1 Å². The minimum Gasteiger partial charge on any atom is -0.388 e. The third-order valence-corrected chi connectivity index (χ3v) is 3.59. The first-order valence-electron chi connectivity index (χ1n) is 7.12. The lowest BCUT2D eigenvalue weighted by atomic mass is 10.0. The van der Waals surface area contributed by atoms with Crippen LogP contribution in [0.3, 0.4) is 0 Å². The third kappa shape index (κ3) is 3.28. The largest absolute Gasteiger partial charge is 0.388 e. The number of anilines is 1. The van der Waals surface area contributed by atoms with E-state index in [1.54, 1.807) is 0 Å². The van der Waals surface area contributed by atoms with Gasteiger partial charge in [0.2, 0.25) is 0 Å². The van der Waals surface area contributed by atoms with Crippen LogP contribution in [0.2, 0.25) is 0 Å². The summed E-state index contributed by atoms with van der Waals surface area (Å²) in [6.07, 6.45) is 0.549. The Labute approximate surface area is 116 Å². The fraction of sp³-hybridized carbons (Fsp3) is 0.625. The molecular formula is C16H25NO2. The molecule has 2 atom stereocenters. The molecule has 1 fully saturated rings. The normalized spacial score (nSPS) is 24.3. The Morgan fingerprint density at radius 3 is 2.74 bits per heavy atom. The van der Waals surface area contributed by atoms with E-state index < -0.39 is 6.10 Å². The summed E-state index contributed by atoms with van der Waals surface area (Å²) in [6, 6.07) is 8.15. The molecule has 0 saturated carbocycles. The highest BCUT2D eigenvalue weighted by atomic mass is 16.5. The number of benzene rings is 1. The Morgan fingerprint density at radius 1 is 1.42 bits per heavy atom. The number of ether oxygens (including phenoxy) is 1. The Morgan fingerprint density at radius 2 is 2.11 bits per heavy atom. The zero-order chi connectivity index (χ0) is 14.0. The third-order valence-electron chi connectivity index (χ3n) is 3.59. The van der Waals surface area contributed by atoms with Gasteiger partial charge < -0.3 is 14.7 Å². The number of aliphatic hydroxyl groups is 1. The summed E-state index contributed by atoms with van der Waals surface area (Å²) in [5, 5.41) is 10.2. The summed E-state index contributed by atoms with van der Waals surface area (Å²) in [5.41, 5.74) is 2.01. The lowest BCUT2D eigenvalue weighted by Gasteiger charge is -2.43. The van der Waals surface area contributed by atoms with Crippen LogP contribution in [0.15, 0.2) is 24.3 Å². The fourth-order valence-electron chi connectivity index (χ4n) is 2.91. The smallest absolute Gasteiger partial charge is 0.0807 e. The van der Waals surface area contributed by atoms with Crippen LogP contribution in [-0.2, 0) is 4.74 Å². The SMILES string of the molecule is CC[C@H](O)c1ccccc1N1CC(C)OC(C)(C)C1. The van der Waals surface area contributed by atoms with Crippen molar-refractivity contribution in [3.63, 3.8) is 0 Å². The topological polar surface area (TPSA) is 32.7 Å². The van der Waals surface area contributed by atoms with Crippen LogP contribution in [0.4, 0.5) is 5.69 Å². The van der Waals surface area contributed by atoms with Gasteiger partial charge in [0, 0.05) is 24.3 Å². The van der Waals surface area contributed by atoms with E-state index in [2.05, 4.69) is 31.7 Å². The van der Waals surface area contributed by atoms with Gasteiger partial charge in [0.25, 0.3) is 0 Å². The second-order valence-electron chi connectivity index (χ2n) is 6.05. The number of aliphatic hydroxyl groups excluding tert-OH is 1. The van der Waals surface area contributed by atoms with Crippen molar-refractivity contribution in [3.05, 3.63) is 29.8 Å². The van der Waals surface area contributed by atoms with Gasteiger partial charge in [-0.2, -0.15) is 0 Å². The Hall–Kier alpha value is -1.06. The molecule has 0 spiro atoms. The molecule has 3 nitrogen and oxygen atoms in total. The highest BCUT2D eigenvalue weighted by Crippen LogP contribution is 2.32. The summed E-state index contributed by atoms with van der Waals surface area (Å²) < 4.78 is 5.95. The number of nitrogens with zero attached hydrogens (tertiary/aromatic N) is 1. The fourth-order valence-corrected chi connectivity index (χ4v) is 2.91. The molecule has 0 radical (unpaired) electrons. The van der Waals surface area contributed by atoms with Crippen molar-refractivity contribution in [2.45, 2.75) is 51.9 Å². The van der Waals surface area contributed by atoms with Crippen LogP contribution in [0.25, 0.3) is 0 Å². The lowest BCUT2D eigenvalue weighted by Crippen LogP contribution is -2.52. The number of morpholine rings is 1. The van der Waals surface area contributed by atoms with E-state index in [-0.39, 0.29) is 11.7 Å². The first kappa shape index (κ1) is 14.4. The maximum atomic E-state index is 10.2. The van der Waals surface area contributed by atoms with Gasteiger partial charge in [-0.15, -0.1) is 0 Å². The molecule has 1 aliphatic heterocycles. The van der Waals surface area contributed by atoms with Gasteiger partial charge in [-0.05, 0) is 33.3 Å². The van der Waals surface area contributed by atoms with E-state index >= 15 is 0 Å². The molecule has 1 unspecified atom stereocenters. The molecule has 0 bridgehead atoms. The van der Waals surface area contributed by atoms with Crippen molar-refractivity contribution in [1.29, 1.82) is 0 Å². The molecule has 0 aliphatic carbocycles. The molecule has 1 N–H and O–H groups in total. The van der Waals surface area contributed by atoms with Crippen molar-refractivity contribution in [3.8, 4) is 0 Å². The molecule has 3 heteroatoms. The lowest BCUT2D eigenvalue weighted by molar-refractivity contribution is -0.0750. The molecular weight excluding hydrogens is 238 g/mol. The predicted molar refractivity (Wildman–Crippen MR) is 78.5 cm³/mol. The van der Waals surface area contributed by atoms with Crippen molar-refractivity contribution < 1.29 is 9.84 Å². The van der Waals surface area contributed by atoms with Gasteiger partial charge in [0.05, 0.1) is 17.8 Å². The summed E-state index contributed by atoms with van der Waals surface area (Å²) >= 11 is 0. The van der Waals surface area contributed by atoms with Gasteiger partial charge in [-0.3, -0.25) is 0 Å². The average Bonchev–Trinajstić information content (AvgIpc) is 2.35. The van der Waals surface area contributed by atoms with E-state index in [1.165, 1.54) is 0 Å². The molecule has 1 aromatic rings. The number of hydrogen-bond donors (Lipinski definition) is 1. The van der Waals surface area contributed by atoms with Crippen molar-refractivity contribution in [2.24, 2.45) is 0 Å². The molecule has 106 valence electrons. The van der Waals surface area contributed by atoms with Crippen LogP contribution in [0.1, 0.15) is 45.8 Å². The summed E-state index contributed by atoms with van der Waals surface area (Å²) in [7, 11) is 0. The summed E-state index contributed by atoms with van der Waals surface area (Å²) in [6.45, 7) is 10.1. The minimum atomic E-state index is -0.391. The maximum Gasteiger partial charge on any atom is 0.0807 e. The zero-order valence-electron chi connectivity index (χ0n) is 12.4. The second kappa shape index (κ2) is 5.51. The minimum absolute atomic E-state index is 0.151. The molecule has 0 aromatic heterocycles. The molecule has 19 heavy (non-hydrogen) atoms. The average molecular weight is 263 g/mol. The van der Waals surface area contributed by atoms with Gasteiger partial charge in [-0.25, -0.2) is 0 Å². The monoisotopic (exact) mass is 263 g/mol. The second-order valence-corrected chi connectivity index (χ2v) is 6.05. The van der Waals surface area contributed by atoms with Crippen molar-refractivity contribution in [2.75, 3.05) is 18.0 Å². The number of hydrogen-bond acceptors (Lipinski definition) is 3. The zero-order valence-corrected chi connectivity index (χ0v) is 12.4. The van der Waals surface area contributed by atoms with Crippen LogP contribution < -0.4 is 4.90 Å². The van der Waals surface area contributed by atoms with Crippen LogP contribution in [0.5, 0.6) is 0 Å². The van der Waals surface area contributed by atoms with E-state index in [4.69, 9.17) is 4.74 Å². The number of rotatable bonds is 3. The highest BCUT2D eigenvalue weighted by Gasteiger charge is 2.32. The standard InChI is InChI=1S/C16H25NO2/c1-5-15(18)13-8-6-7-9-14(13)17-10-12(2)19-16(3,4)11-17/h6-9,12,15,18H,5,10-11H2,1-4H3/t12?,15-/m0/s1. The van der Waals surface area contributed by atoms with Crippen LogP contribution >= 0.6 is 0 Å². The van der Waals surface area contributed by atoms with E-state index in [0.717, 1.165) is 30.8 Å². The van der Waals surface area contributed by atoms with Crippen LogP contribution in [-0.4, -0.2) is 29.9 Å². The molecule has 2 rings (SSSR count). The van der Waals surface area contributed by atoms with E-state index in [0.29, 0.717) is 0 Å². The van der Waals surface area contributed by atoms with Gasteiger partial charge >= 0.3 is 0 Å². The Kier molecular flexibility index (Phi) is 4.16. The van der Waals surface area contributed by atoms with E-state index in [9.17, 15) is 5.11 Å². The van der Waals surface area contributed by atoms with Gasteiger partial charge in [0.1, 0.15) is 0 Å². The highest BCUT2D eigenvalue weighted by molar-refractivity contribution is 5.55. The first-order valence-corrected chi connectivity index (χ1v) is 7.12. The molecule has 1 aromatic carbocycles. The Balaban J connectivity index is 2.31. The van der Waals surface area contributed by atoms with Gasteiger partial charge in [-0.1, -0.05) is 25.1 Å². The first-order chi connectivity index (χ1) is 8.93. The van der Waals surface area contributed by atoms with Crippen molar-refractivity contribution in [1.82, 2.24) is 0 Å². The molecule has 1 saturated heterocycles. The quantitative estimate of drug-likeness (QED) is 0.909. The molecule has 1 heterocycles. The van der Waals surface area contributed by atoms with Gasteiger partial charge in [0.15, 0.2) is 0 Å². The molecule has 0 amide bonds. The Bertz CT molecular complexity index is 431.